The molecule has 0 atom stereocenters. The molecule has 3 aromatic rings. The van der Waals surface area contributed by atoms with Gasteiger partial charge in [0.1, 0.15) is 0 Å². The van der Waals surface area contributed by atoms with Crippen molar-refractivity contribution in [2.24, 2.45) is 15.0 Å². The van der Waals surface area contributed by atoms with Gasteiger partial charge in [0.05, 0.1) is 0 Å². The van der Waals surface area contributed by atoms with Crippen LogP contribution in [0.2, 0.25) is 0 Å². The summed E-state index contributed by atoms with van der Waals surface area (Å²) in [6.07, 6.45) is 53.5. The topological polar surface area (TPSA) is 40.3 Å². The highest BCUT2D eigenvalue weighted by Crippen LogP contribution is 2.15. The maximum absolute atomic E-state index is 4.51. The molecule has 0 saturated carbocycles. The van der Waals surface area contributed by atoms with Gasteiger partial charge in [0.15, 0.2) is 0 Å². The number of hydrogen-bond donors (Lipinski definition) is 0. The molecule has 3 rings (SSSR count). The molecule has 0 spiro atoms. The molecule has 0 heterocycles. The van der Waals surface area contributed by atoms with Crippen LogP contribution in [0.1, 0.15) is 256 Å². The Kier molecular flexibility index (Phi) is 46.2. The van der Waals surface area contributed by atoms with Crippen molar-refractivity contribution in [1.29, 1.82) is 0 Å². The van der Waals surface area contributed by atoms with Crippen LogP contribution in [0.5, 0.6) is 0 Å². The Morgan fingerprint density at radius 2 is 0.507 bits per heavy atom. The van der Waals surface area contributed by atoms with E-state index in [0.29, 0.717) is 0 Å². The molecule has 0 radical (unpaired) electrons. The monoisotopic (exact) mass is 919 g/mol. The molecule has 0 N–H and O–H groups in total. The Labute approximate surface area is 416 Å². The molecule has 0 amide bonds. The minimum Gasteiger partial charge on any atom is -0.378 e. The molecule has 4 heteroatoms. The van der Waals surface area contributed by atoms with Crippen molar-refractivity contribution < 1.29 is 0 Å². The summed E-state index contributed by atoms with van der Waals surface area (Å²) in [5.74, 6) is 0. The summed E-state index contributed by atoms with van der Waals surface area (Å²) in [4.78, 5) is 15.6. The lowest BCUT2D eigenvalue weighted by atomic mass is 10.0. The van der Waals surface area contributed by atoms with E-state index < -0.39 is 0 Å². The van der Waals surface area contributed by atoms with Crippen LogP contribution in [-0.4, -0.2) is 52.4 Å². The Balaban J connectivity index is 0.000000507. The van der Waals surface area contributed by atoms with Crippen LogP contribution in [-0.2, 0) is 0 Å². The van der Waals surface area contributed by atoms with Gasteiger partial charge in [0, 0.05) is 58.1 Å². The lowest BCUT2D eigenvalue weighted by molar-refractivity contribution is 0.536. The van der Waals surface area contributed by atoms with Crippen LogP contribution >= 0.6 is 0 Å². The summed E-state index contributed by atoms with van der Waals surface area (Å²) in [5, 5.41) is 0. The highest BCUT2D eigenvalue weighted by molar-refractivity contribution is 5.80. The van der Waals surface area contributed by atoms with Crippen molar-refractivity contribution in [3.8, 4) is 0 Å². The first-order valence-corrected chi connectivity index (χ1v) is 28.5. The smallest absolute Gasteiger partial charge is 0.0389 e. The van der Waals surface area contributed by atoms with E-state index in [0.717, 1.165) is 19.6 Å². The summed E-state index contributed by atoms with van der Waals surface area (Å²) in [5.41, 5.74) is 4.84. The van der Waals surface area contributed by atoms with Crippen molar-refractivity contribution in [2.75, 3.05) is 38.6 Å². The minimum absolute atomic E-state index is 0.960. The zero-order chi connectivity index (χ0) is 48.2. The van der Waals surface area contributed by atoms with Crippen molar-refractivity contribution >= 4 is 24.3 Å². The normalized spacial score (nSPS) is 11.3. The van der Waals surface area contributed by atoms with E-state index in [4.69, 9.17) is 0 Å². The standard InChI is InChI=1S/2C23H39N.C17H28N2/c2*1-2-3-4-5-6-7-8-9-10-11-12-13-14-18-21-24-22-23-19-16-15-17-20-23;1-4-5-6-7-8-9-14-18-15-16-10-12-17(13-11-16)19(2)3/h2*15-17,19-20,22H,2-14,18,21H2,1H3;10-13,15H,4-9,14H2,1-3H3. The zero-order valence-electron chi connectivity index (χ0n) is 44.8. The van der Waals surface area contributed by atoms with Crippen LogP contribution in [0.3, 0.4) is 0 Å². The fraction of sp³-hybridized carbons (Fsp3) is 0.667. The first-order valence-electron chi connectivity index (χ1n) is 28.5. The maximum Gasteiger partial charge on any atom is 0.0389 e. The van der Waals surface area contributed by atoms with E-state index >= 15 is 0 Å². The van der Waals surface area contributed by atoms with E-state index in [1.807, 2.05) is 30.8 Å². The van der Waals surface area contributed by atoms with Gasteiger partial charge in [0.2, 0.25) is 0 Å². The first kappa shape index (κ1) is 61.5. The first-order chi connectivity index (χ1) is 33.1. The lowest BCUT2D eigenvalue weighted by Crippen LogP contribution is -2.08. The summed E-state index contributed by atoms with van der Waals surface area (Å²) in [6, 6.07) is 29.3. The second-order valence-corrected chi connectivity index (χ2v) is 19.4. The molecule has 0 aliphatic carbocycles. The molecular formula is C63H106N4. The molecule has 0 aliphatic heterocycles. The third-order valence-electron chi connectivity index (χ3n) is 12.7. The molecule has 0 saturated heterocycles. The molecule has 4 nitrogen and oxygen atoms in total. The lowest BCUT2D eigenvalue weighted by Gasteiger charge is -2.11. The average Bonchev–Trinajstić information content (AvgIpc) is 3.35. The van der Waals surface area contributed by atoms with E-state index in [9.17, 15) is 0 Å². The molecular weight excluding hydrogens is 813 g/mol. The van der Waals surface area contributed by atoms with Gasteiger partial charge in [-0.2, -0.15) is 0 Å². The highest BCUT2D eigenvalue weighted by atomic mass is 15.1. The largest absolute Gasteiger partial charge is 0.378 e. The van der Waals surface area contributed by atoms with Gasteiger partial charge in [-0.25, -0.2) is 0 Å². The van der Waals surface area contributed by atoms with Gasteiger partial charge in [-0.15, -0.1) is 0 Å². The van der Waals surface area contributed by atoms with E-state index in [1.165, 1.54) is 241 Å². The predicted octanol–water partition coefficient (Wildman–Crippen LogP) is 19.7. The fourth-order valence-electron chi connectivity index (χ4n) is 8.23. The third-order valence-corrected chi connectivity index (χ3v) is 12.7. The van der Waals surface area contributed by atoms with Crippen molar-refractivity contribution in [3.63, 3.8) is 0 Å². The van der Waals surface area contributed by atoms with Gasteiger partial charge in [-0.3, -0.25) is 15.0 Å². The second-order valence-electron chi connectivity index (χ2n) is 19.4. The third kappa shape index (κ3) is 43.5. The molecule has 3 aromatic carbocycles. The number of unbranched alkanes of at least 4 members (excludes halogenated alkanes) is 31. The molecule has 0 bridgehead atoms. The van der Waals surface area contributed by atoms with Crippen LogP contribution in [0.25, 0.3) is 0 Å². The van der Waals surface area contributed by atoms with Crippen molar-refractivity contribution in [1.82, 2.24) is 0 Å². The predicted molar refractivity (Wildman–Crippen MR) is 305 cm³/mol. The van der Waals surface area contributed by atoms with Gasteiger partial charge >= 0.3 is 0 Å². The second kappa shape index (κ2) is 50.3. The van der Waals surface area contributed by atoms with Crippen molar-refractivity contribution in [3.05, 3.63) is 102 Å². The number of nitrogens with zero attached hydrogens (tertiary/aromatic N) is 4. The SMILES string of the molecule is CCCCCCCCCCCCCCCCN=Cc1ccccc1.CCCCCCCCCCCCCCCCN=Cc1ccccc1.CCCCCCCCN=Cc1ccc(N(C)C)cc1. The molecule has 0 aliphatic rings. The van der Waals surface area contributed by atoms with Crippen LogP contribution < -0.4 is 4.90 Å². The maximum atomic E-state index is 4.51. The molecule has 0 fully saturated rings. The van der Waals surface area contributed by atoms with E-state index in [1.54, 1.807) is 0 Å². The van der Waals surface area contributed by atoms with Gasteiger partial charge < -0.3 is 4.90 Å². The minimum atomic E-state index is 0.960. The Morgan fingerprint density at radius 3 is 0.746 bits per heavy atom. The number of rotatable bonds is 41. The Bertz CT molecular complexity index is 1400. The quantitative estimate of drug-likeness (QED) is 0.0413. The van der Waals surface area contributed by atoms with Gasteiger partial charge in [-0.1, -0.05) is 293 Å². The summed E-state index contributed by atoms with van der Waals surface area (Å²) >= 11 is 0. The van der Waals surface area contributed by atoms with E-state index in [2.05, 4.69) is 128 Å². The van der Waals surface area contributed by atoms with Gasteiger partial charge in [-0.05, 0) is 48.1 Å². The van der Waals surface area contributed by atoms with Crippen LogP contribution in [0.15, 0.2) is 99.9 Å². The van der Waals surface area contributed by atoms with Crippen molar-refractivity contribution in [2.45, 2.75) is 239 Å². The summed E-state index contributed by atoms with van der Waals surface area (Å²) in [6.45, 7) is 9.75. The summed E-state index contributed by atoms with van der Waals surface area (Å²) < 4.78 is 0. The fourth-order valence-corrected chi connectivity index (χ4v) is 8.23. The summed E-state index contributed by atoms with van der Waals surface area (Å²) in [7, 11) is 4.11. The molecule has 0 aromatic heterocycles. The number of aliphatic imine (C=N–C) groups is 3. The Morgan fingerprint density at radius 1 is 0.284 bits per heavy atom. The van der Waals surface area contributed by atoms with Gasteiger partial charge in [0.25, 0.3) is 0 Å². The number of anilines is 1. The molecule has 67 heavy (non-hydrogen) atoms. The van der Waals surface area contributed by atoms with E-state index in [-0.39, 0.29) is 0 Å². The Hall–Kier alpha value is -3.53. The zero-order valence-corrected chi connectivity index (χ0v) is 44.8. The molecule has 0 unspecified atom stereocenters. The molecule has 378 valence electrons. The number of benzene rings is 3. The van der Waals surface area contributed by atoms with Crippen LogP contribution in [0, 0.1) is 0 Å². The number of hydrogen-bond acceptors (Lipinski definition) is 4. The highest BCUT2D eigenvalue weighted by Gasteiger charge is 1.97. The average molecular weight is 920 g/mol. The van der Waals surface area contributed by atoms with Crippen LogP contribution in [0.4, 0.5) is 5.69 Å².